The van der Waals surface area contributed by atoms with Crippen LogP contribution in [0.3, 0.4) is 0 Å². The van der Waals surface area contributed by atoms with E-state index >= 15 is 0 Å². The highest BCUT2D eigenvalue weighted by atomic mass is 35.5. The number of imidazole rings is 1. The summed E-state index contributed by atoms with van der Waals surface area (Å²) in [6.45, 7) is 5.43. The summed E-state index contributed by atoms with van der Waals surface area (Å²) in [5, 5.41) is 0.590. The molecule has 2 aromatic carbocycles. The van der Waals surface area contributed by atoms with E-state index in [2.05, 4.69) is 18.8 Å². The summed E-state index contributed by atoms with van der Waals surface area (Å²) in [6.07, 6.45) is 3.48. The molecule has 0 saturated carbocycles. The van der Waals surface area contributed by atoms with Crippen LogP contribution in [0, 0.1) is 11.7 Å². The molecule has 4 nitrogen and oxygen atoms in total. The summed E-state index contributed by atoms with van der Waals surface area (Å²) in [7, 11) is 0. The Morgan fingerprint density at radius 1 is 1.18 bits per heavy atom. The average molecular weight is 400 g/mol. The minimum Gasteiger partial charge on any atom is -0.331 e. The fraction of sp³-hybridized carbons (Fsp3) is 0.273. The molecular weight excluding hydrogens is 377 g/mol. The van der Waals surface area contributed by atoms with Crippen LogP contribution in [0.2, 0.25) is 5.02 Å². The monoisotopic (exact) mass is 399 g/mol. The second-order valence-corrected chi connectivity index (χ2v) is 7.59. The van der Waals surface area contributed by atoms with E-state index in [9.17, 15) is 9.18 Å². The number of hydrogen-bond donors (Lipinski definition) is 0. The van der Waals surface area contributed by atoms with Crippen LogP contribution in [0.15, 0.2) is 60.9 Å². The maximum Gasteiger partial charge on any atom is 0.254 e. The topological polar surface area (TPSA) is 38.1 Å². The first-order chi connectivity index (χ1) is 13.4. The average Bonchev–Trinajstić information content (AvgIpc) is 3.09. The van der Waals surface area contributed by atoms with E-state index in [4.69, 9.17) is 11.6 Å². The van der Waals surface area contributed by atoms with Gasteiger partial charge in [-0.3, -0.25) is 4.79 Å². The molecule has 3 aromatic rings. The minimum absolute atomic E-state index is 0.0780. The van der Waals surface area contributed by atoms with Crippen molar-refractivity contribution in [3.05, 3.63) is 88.7 Å². The Bertz CT molecular complexity index is 937. The molecule has 0 unspecified atom stereocenters. The molecular formula is C22H23ClFN3O. The number of halogens is 2. The third-order valence-corrected chi connectivity index (χ3v) is 4.65. The quantitative estimate of drug-likeness (QED) is 0.559. The summed E-state index contributed by atoms with van der Waals surface area (Å²) in [4.78, 5) is 19.2. The summed E-state index contributed by atoms with van der Waals surface area (Å²) in [6, 6.07) is 13.6. The largest absolute Gasteiger partial charge is 0.331 e. The molecule has 1 aromatic heterocycles. The Morgan fingerprint density at radius 3 is 2.57 bits per heavy atom. The van der Waals surface area contributed by atoms with Crippen molar-refractivity contribution in [2.75, 3.05) is 6.54 Å². The molecule has 1 amide bonds. The summed E-state index contributed by atoms with van der Waals surface area (Å²) in [5.74, 6) is 0.682. The van der Waals surface area contributed by atoms with Gasteiger partial charge in [0, 0.05) is 35.1 Å². The Morgan fingerprint density at radius 2 is 1.89 bits per heavy atom. The minimum atomic E-state index is -0.251. The first-order valence-corrected chi connectivity index (χ1v) is 9.60. The second-order valence-electron chi connectivity index (χ2n) is 7.15. The van der Waals surface area contributed by atoms with Gasteiger partial charge in [0.15, 0.2) is 0 Å². The van der Waals surface area contributed by atoms with Crippen LogP contribution >= 0.6 is 11.6 Å². The Labute approximate surface area is 169 Å². The number of carbonyl (C=O) groups excluding carboxylic acids is 1. The molecule has 0 aliphatic heterocycles. The van der Waals surface area contributed by atoms with Gasteiger partial charge < -0.3 is 9.47 Å². The van der Waals surface area contributed by atoms with Crippen molar-refractivity contribution >= 4 is 17.5 Å². The zero-order valence-corrected chi connectivity index (χ0v) is 16.7. The Kier molecular flexibility index (Phi) is 6.47. The summed E-state index contributed by atoms with van der Waals surface area (Å²) < 4.78 is 15.9. The summed E-state index contributed by atoms with van der Waals surface area (Å²) in [5.41, 5.74) is 1.17. The maximum absolute atomic E-state index is 14.0. The van der Waals surface area contributed by atoms with Crippen LogP contribution in [-0.4, -0.2) is 26.9 Å². The van der Waals surface area contributed by atoms with E-state index in [1.165, 1.54) is 6.07 Å². The Hall–Kier alpha value is -2.66. The lowest BCUT2D eigenvalue weighted by Gasteiger charge is -2.25. The number of nitrogens with zero attached hydrogens (tertiary/aromatic N) is 3. The molecule has 0 atom stereocenters. The standard InChI is InChI=1S/C22H23ClFN3O/c1-16(2)13-27(22(28)17-7-9-19(23)10-8-17)15-21-25-11-12-26(21)14-18-5-3-4-6-20(18)24/h3-12,16H,13-15H2,1-2H3. The lowest BCUT2D eigenvalue weighted by Crippen LogP contribution is -2.34. The number of carbonyl (C=O) groups is 1. The molecule has 0 radical (unpaired) electrons. The predicted octanol–water partition coefficient (Wildman–Crippen LogP) is 5.02. The van der Waals surface area contributed by atoms with Gasteiger partial charge in [-0.15, -0.1) is 0 Å². The van der Waals surface area contributed by atoms with E-state index in [0.29, 0.717) is 47.5 Å². The van der Waals surface area contributed by atoms with Gasteiger partial charge in [-0.05, 0) is 36.2 Å². The zero-order chi connectivity index (χ0) is 20.1. The van der Waals surface area contributed by atoms with Gasteiger partial charge in [0.05, 0.1) is 13.1 Å². The van der Waals surface area contributed by atoms with E-state index < -0.39 is 0 Å². The van der Waals surface area contributed by atoms with Gasteiger partial charge in [-0.2, -0.15) is 0 Å². The number of amides is 1. The highest BCUT2D eigenvalue weighted by Crippen LogP contribution is 2.16. The van der Waals surface area contributed by atoms with Crippen molar-refractivity contribution < 1.29 is 9.18 Å². The van der Waals surface area contributed by atoms with E-state index in [0.717, 1.165) is 0 Å². The second kappa shape index (κ2) is 9.02. The van der Waals surface area contributed by atoms with Crippen molar-refractivity contribution in [2.45, 2.75) is 26.9 Å². The van der Waals surface area contributed by atoms with Crippen LogP contribution in [0.25, 0.3) is 0 Å². The SMILES string of the molecule is CC(C)CN(Cc1nccn1Cc1ccccc1F)C(=O)c1ccc(Cl)cc1. The molecule has 0 N–H and O–H groups in total. The van der Waals surface area contributed by atoms with Crippen molar-refractivity contribution in [1.29, 1.82) is 0 Å². The molecule has 28 heavy (non-hydrogen) atoms. The molecule has 6 heteroatoms. The molecule has 146 valence electrons. The lowest BCUT2D eigenvalue weighted by atomic mass is 10.1. The van der Waals surface area contributed by atoms with Crippen LogP contribution in [0.4, 0.5) is 4.39 Å². The van der Waals surface area contributed by atoms with Crippen LogP contribution in [0.5, 0.6) is 0 Å². The van der Waals surface area contributed by atoms with Gasteiger partial charge in [0.2, 0.25) is 0 Å². The molecule has 0 aliphatic rings. The van der Waals surface area contributed by atoms with Gasteiger partial charge >= 0.3 is 0 Å². The van der Waals surface area contributed by atoms with E-state index in [-0.39, 0.29) is 11.7 Å². The molecule has 3 rings (SSSR count). The first-order valence-electron chi connectivity index (χ1n) is 9.22. The normalized spacial score (nSPS) is 11.0. The molecule has 0 bridgehead atoms. The van der Waals surface area contributed by atoms with Crippen LogP contribution in [0.1, 0.15) is 35.6 Å². The fourth-order valence-electron chi connectivity index (χ4n) is 3.05. The lowest BCUT2D eigenvalue weighted by molar-refractivity contribution is 0.0716. The summed E-state index contributed by atoms with van der Waals surface area (Å²) >= 11 is 5.94. The van der Waals surface area contributed by atoms with Crippen LogP contribution < -0.4 is 0 Å². The predicted molar refractivity (Wildman–Crippen MR) is 109 cm³/mol. The Balaban J connectivity index is 1.82. The number of hydrogen-bond acceptors (Lipinski definition) is 2. The van der Waals surface area contributed by atoms with Gasteiger partial charge in [0.25, 0.3) is 5.91 Å². The maximum atomic E-state index is 14.0. The smallest absolute Gasteiger partial charge is 0.254 e. The molecule has 0 spiro atoms. The van der Waals surface area contributed by atoms with Crippen molar-refractivity contribution in [1.82, 2.24) is 14.5 Å². The number of rotatable bonds is 7. The highest BCUT2D eigenvalue weighted by Gasteiger charge is 2.19. The van der Waals surface area contributed by atoms with Gasteiger partial charge in [-0.25, -0.2) is 9.37 Å². The molecule has 0 saturated heterocycles. The van der Waals surface area contributed by atoms with E-state index in [1.807, 2.05) is 16.8 Å². The van der Waals surface area contributed by atoms with Gasteiger partial charge in [0.1, 0.15) is 11.6 Å². The molecule has 0 fully saturated rings. The van der Waals surface area contributed by atoms with Crippen LogP contribution in [-0.2, 0) is 13.1 Å². The van der Waals surface area contributed by atoms with Crippen molar-refractivity contribution in [3.63, 3.8) is 0 Å². The third kappa shape index (κ3) is 4.98. The molecule has 0 aliphatic carbocycles. The third-order valence-electron chi connectivity index (χ3n) is 4.40. The fourth-order valence-corrected chi connectivity index (χ4v) is 3.18. The zero-order valence-electron chi connectivity index (χ0n) is 16.0. The van der Waals surface area contributed by atoms with Crippen molar-refractivity contribution in [3.8, 4) is 0 Å². The number of aromatic nitrogens is 2. The highest BCUT2D eigenvalue weighted by molar-refractivity contribution is 6.30. The molecule has 1 heterocycles. The number of benzene rings is 2. The van der Waals surface area contributed by atoms with Crippen molar-refractivity contribution in [2.24, 2.45) is 5.92 Å². The van der Waals surface area contributed by atoms with Gasteiger partial charge in [-0.1, -0.05) is 43.6 Å². The first kappa shape index (κ1) is 20.1. The van der Waals surface area contributed by atoms with E-state index in [1.54, 1.807) is 47.5 Å².